The first-order valence-electron chi connectivity index (χ1n) is 11.8. The summed E-state index contributed by atoms with van der Waals surface area (Å²) in [6.45, 7) is 2.12. The van der Waals surface area contributed by atoms with E-state index in [1.165, 1.54) is 0 Å². The van der Waals surface area contributed by atoms with Crippen molar-refractivity contribution >= 4 is 39.2 Å². The van der Waals surface area contributed by atoms with Crippen molar-refractivity contribution in [1.82, 2.24) is 20.5 Å². The normalized spacial score (nSPS) is 15.6. The Hall–Kier alpha value is -4.10. The molecule has 36 heavy (non-hydrogen) atoms. The van der Waals surface area contributed by atoms with Crippen LogP contribution in [0.15, 0.2) is 71.7 Å². The van der Waals surface area contributed by atoms with Gasteiger partial charge >= 0.3 is 0 Å². The van der Waals surface area contributed by atoms with Gasteiger partial charge in [-0.25, -0.2) is 5.10 Å². The summed E-state index contributed by atoms with van der Waals surface area (Å²) >= 11 is 6.46. The maximum absolute atomic E-state index is 13.0. The third kappa shape index (κ3) is 3.91. The number of H-pyrrole nitrogens is 2. The molecule has 6 rings (SSSR count). The van der Waals surface area contributed by atoms with E-state index in [1.807, 2.05) is 48.7 Å². The van der Waals surface area contributed by atoms with Gasteiger partial charge in [0.15, 0.2) is 0 Å². The molecule has 0 unspecified atom stereocenters. The van der Waals surface area contributed by atoms with Gasteiger partial charge in [-0.1, -0.05) is 35.9 Å². The lowest BCUT2D eigenvalue weighted by Gasteiger charge is -2.17. The van der Waals surface area contributed by atoms with Crippen molar-refractivity contribution < 1.29 is 9.53 Å². The molecular formula is C28H23ClN4O3. The van der Waals surface area contributed by atoms with Crippen LogP contribution in [0.3, 0.4) is 0 Å². The van der Waals surface area contributed by atoms with Crippen LogP contribution in [0.4, 0.5) is 0 Å². The van der Waals surface area contributed by atoms with Gasteiger partial charge in [0.1, 0.15) is 11.9 Å². The Balaban J connectivity index is 1.20. The maximum Gasteiger partial charge on any atom is 0.272 e. The molecule has 180 valence electrons. The fourth-order valence-electron chi connectivity index (χ4n) is 4.90. The number of aromatic nitrogens is 3. The summed E-state index contributed by atoms with van der Waals surface area (Å²) < 4.78 is 6.32. The lowest BCUT2D eigenvalue weighted by molar-refractivity contribution is -0.122. The number of rotatable bonds is 5. The van der Waals surface area contributed by atoms with E-state index in [9.17, 15) is 9.59 Å². The largest absolute Gasteiger partial charge is 0.487 e. The van der Waals surface area contributed by atoms with Crippen LogP contribution in [-0.4, -0.2) is 33.7 Å². The lowest BCUT2D eigenvalue weighted by atomic mass is 9.99. The van der Waals surface area contributed by atoms with E-state index >= 15 is 0 Å². The summed E-state index contributed by atoms with van der Waals surface area (Å²) in [5.74, 6) is 0.0684. The number of fused-ring (bicyclic) bond motifs is 3. The van der Waals surface area contributed by atoms with Crippen LogP contribution < -0.4 is 15.6 Å². The van der Waals surface area contributed by atoms with Gasteiger partial charge in [0.25, 0.3) is 5.56 Å². The van der Waals surface area contributed by atoms with Crippen molar-refractivity contribution in [3.8, 4) is 16.9 Å². The first kappa shape index (κ1) is 22.4. The predicted molar refractivity (Wildman–Crippen MR) is 141 cm³/mol. The predicted octanol–water partition coefficient (Wildman–Crippen LogP) is 4.95. The van der Waals surface area contributed by atoms with E-state index in [-0.39, 0.29) is 17.6 Å². The molecule has 7 nitrogen and oxygen atoms in total. The van der Waals surface area contributed by atoms with Gasteiger partial charge in [-0.15, -0.1) is 0 Å². The monoisotopic (exact) mass is 498 g/mol. The highest BCUT2D eigenvalue weighted by Crippen LogP contribution is 2.41. The summed E-state index contributed by atoms with van der Waals surface area (Å²) in [6.07, 6.45) is 2.34. The zero-order chi connectivity index (χ0) is 24.8. The first-order chi connectivity index (χ1) is 17.5. The van der Waals surface area contributed by atoms with Gasteiger partial charge in [-0.05, 0) is 54.3 Å². The Morgan fingerprint density at radius 1 is 1.17 bits per heavy atom. The van der Waals surface area contributed by atoms with Crippen molar-refractivity contribution in [2.45, 2.75) is 25.4 Å². The van der Waals surface area contributed by atoms with Crippen LogP contribution in [0.5, 0.6) is 5.75 Å². The minimum Gasteiger partial charge on any atom is -0.487 e. The fourth-order valence-corrected chi connectivity index (χ4v) is 5.14. The van der Waals surface area contributed by atoms with E-state index in [1.54, 1.807) is 19.1 Å². The highest BCUT2D eigenvalue weighted by molar-refractivity contribution is 6.31. The van der Waals surface area contributed by atoms with Crippen LogP contribution in [0.1, 0.15) is 24.1 Å². The molecule has 2 aromatic heterocycles. The Morgan fingerprint density at radius 2 is 2.00 bits per heavy atom. The third-order valence-corrected chi connectivity index (χ3v) is 6.98. The molecule has 0 saturated heterocycles. The molecule has 3 aromatic carbocycles. The number of carbonyl (C=O) groups excluding carboxylic acids is 1. The number of hydrogen-bond donors (Lipinski definition) is 3. The van der Waals surface area contributed by atoms with E-state index in [2.05, 4.69) is 26.6 Å². The molecule has 5 aromatic rings. The van der Waals surface area contributed by atoms with Crippen LogP contribution in [0, 0.1) is 0 Å². The minimum atomic E-state index is -0.548. The molecule has 2 atom stereocenters. The number of aromatic amines is 2. The maximum atomic E-state index is 13.0. The Bertz CT molecular complexity index is 1690. The highest BCUT2D eigenvalue weighted by Gasteiger charge is 2.28. The fraction of sp³-hybridized carbons (Fsp3) is 0.179. The van der Waals surface area contributed by atoms with Crippen LogP contribution in [0.25, 0.3) is 32.8 Å². The number of ether oxygens (including phenoxy) is 1. The molecular weight excluding hydrogens is 476 g/mol. The summed E-state index contributed by atoms with van der Waals surface area (Å²) in [7, 11) is 0. The molecule has 3 N–H and O–H groups in total. The molecule has 0 spiro atoms. The number of nitrogens with one attached hydrogen (secondary N) is 3. The number of nitrogens with zero attached hydrogens (tertiary/aromatic N) is 1. The first-order valence-corrected chi connectivity index (χ1v) is 12.2. The van der Waals surface area contributed by atoms with Gasteiger partial charge < -0.3 is 15.0 Å². The third-order valence-electron chi connectivity index (χ3n) is 6.76. The molecule has 0 saturated carbocycles. The smallest absolute Gasteiger partial charge is 0.272 e. The van der Waals surface area contributed by atoms with Gasteiger partial charge in [-0.2, -0.15) is 5.10 Å². The number of halogens is 1. The van der Waals surface area contributed by atoms with Gasteiger partial charge in [0.05, 0.1) is 23.5 Å². The quantitative estimate of drug-likeness (QED) is 0.319. The Kier molecular flexibility index (Phi) is 5.49. The van der Waals surface area contributed by atoms with Gasteiger partial charge in [0.2, 0.25) is 5.91 Å². The molecule has 0 aliphatic carbocycles. The summed E-state index contributed by atoms with van der Waals surface area (Å²) in [5.41, 5.74) is 4.31. The number of benzene rings is 3. The second-order valence-electron chi connectivity index (χ2n) is 9.12. The Labute approximate surface area is 211 Å². The van der Waals surface area contributed by atoms with Crippen molar-refractivity contribution in [2.75, 3.05) is 6.54 Å². The van der Waals surface area contributed by atoms with E-state index < -0.39 is 5.92 Å². The summed E-state index contributed by atoms with van der Waals surface area (Å²) in [4.78, 5) is 28.3. The molecule has 1 aliphatic rings. The average molecular weight is 499 g/mol. The minimum absolute atomic E-state index is 0.185. The Morgan fingerprint density at radius 3 is 2.86 bits per heavy atom. The van der Waals surface area contributed by atoms with E-state index in [0.717, 1.165) is 33.3 Å². The average Bonchev–Trinajstić information content (AvgIpc) is 3.53. The highest BCUT2D eigenvalue weighted by atomic mass is 35.5. The molecule has 1 aliphatic heterocycles. The standard InChI is InChI=1S/C28H23ClN4O3/c1-15(25-21-4-2-3-5-22(21)28(35)33-32-25)27(34)31-14-20-12-18-11-19(29)13-23(26(18)36-20)16-6-7-24-17(10-16)8-9-30-24/h2-11,13,15,20,30H,12,14H2,1H3,(H,31,34)(H,33,35)/t15-,20+/m1/s1. The van der Waals surface area contributed by atoms with E-state index in [0.29, 0.717) is 34.5 Å². The van der Waals surface area contributed by atoms with Gasteiger partial charge in [0, 0.05) is 39.7 Å². The van der Waals surface area contributed by atoms with Gasteiger partial charge in [-0.3, -0.25) is 9.59 Å². The topological polar surface area (TPSA) is 99.9 Å². The molecule has 8 heteroatoms. The zero-order valence-corrected chi connectivity index (χ0v) is 20.2. The molecule has 3 heterocycles. The summed E-state index contributed by atoms with van der Waals surface area (Å²) in [5, 5.41) is 12.6. The van der Waals surface area contributed by atoms with Crippen LogP contribution in [0.2, 0.25) is 5.02 Å². The van der Waals surface area contributed by atoms with Crippen molar-refractivity contribution in [3.05, 3.63) is 93.5 Å². The molecule has 1 amide bonds. The van der Waals surface area contributed by atoms with E-state index in [4.69, 9.17) is 16.3 Å². The lowest BCUT2D eigenvalue weighted by Crippen LogP contribution is -2.37. The van der Waals surface area contributed by atoms with Crippen molar-refractivity contribution in [3.63, 3.8) is 0 Å². The number of hydrogen-bond acceptors (Lipinski definition) is 4. The summed E-state index contributed by atoms with van der Waals surface area (Å²) in [6, 6.07) is 19.2. The van der Waals surface area contributed by atoms with Crippen LogP contribution in [-0.2, 0) is 11.2 Å². The van der Waals surface area contributed by atoms with Crippen molar-refractivity contribution in [2.24, 2.45) is 0 Å². The molecule has 0 radical (unpaired) electrons. The second-order valence-corrected chi connectivity index (χ2v) is 9.55. The zero-order valence-electron chi connectivity index (χ0n) is 19.5. The second kappa shape index (κ2) is 8.84. The SMILES string of the molecule is C[C@@H](C(=O)NC[C@@H]1Cc2cc(Cl)cc(-c3ccc4[nH]ccc4c3)c2O1)c1n[nH]c(=O)c2ccccc12. The number of carbonyl (C=O) groups is 1. The molecule has 0 fully saturated rings. The van der Waals surface area contributed by atoms with Crippen LogP contribution >= 0.6 is 11.6 Å². The van der Waals surface area contributed by atoms with Crippen molar-refractivity contribution in [1.29, 1.82) is 0 Å². The number of amides is 1. The molecule has 0 bridgehead atoms.